The highest BCUT2D eigenvalue weighted by Gasteiger charge is 2.08. The topological polar surface area (TPSA) is 95.6 Å². The van der Waals surface area contributed by atoms with Crippen LogP contribution in [0.2, 0.25) is 0 Å². The molecule has 1 aromatic heterocycles. The number of guanidine groups is 1. The summed E-state index contributed by atoms with van der Waals surface area (Å²) in [5, 5.41) is 10.3. The number of carbonyl (C=O) groups is 1. The first kappa shape index (κ1) is 20.4. The highest BCUT2D eigenvalue weighted by molar-refractivity contribution is 5.94. The van der Waals surface area contributed by atoms with E-state index in [1.807, 2.05) is 31.2 Å². The number of amides is 1. The van der Waals surface area contributed by atoms with E-state index in [1.165, 1.54) is 0 Å². The predicted octanol–water partition coefficient (Wildman–Crippen LogP) is 1.42. The van der Waals surface area contributed by atoms with Gasteiger partial charge in [-0.2, -0.15) is 4.98 Å². The summed E-state index contributed by atoms with van der Waals surface area (Å²) in [6.07, 6.45) is 1.40. The number of aryl methyl sites for hydroxylation is 1. The minimum Gasteiger partial charge on any atom is -0.357 e. The maximum absolute atomic E-state index is 12.1. The molecule has 2 N–H and O–H groups in total. The van der Waals surface area contributed by atoms with Gasteiger partial charge in [-0.05, 0) is 38.0 Å². The Hall–Kier alpha value is -2.90. The number of benzene rings is 1. The molecule has 0 aliphatic rings. The van der Waals surface area contributed by atoms with E-state index in [-0.39, 0.29) is 5.91 Å². The van der Waals surface area contributed by atoms with Gasteiger partial charge in [0, 0.05) is 39.2 Å². The second-order valence-electron chi connectivity index (χ2n) is 6.32. The maximum atomic E-state index is 12.1. The van der Waals surface area contributed by atoms with Crippen molar-refractivity contribution in [3.63, 3.8) is 0 Å². The SMILES string of the molecule is CCNC(=NCCc1nc(C)no1)NCCc1cccc(C(=O)N(C)C)c1. The second-order valence-corrected chi connectivity index (χ2v) is 6.32. The maximum Gasteiger partial charge on any atom is 0.253 e. The third-order valence-electron chi connectivity index (χ3n) is 3.80. The molecule has 27 heavy (non-hydrogen) atoms. The van der Waals surface area contributed by atoms with Crippen LogP contribution in [0.4, 0.5) is 0 Å². The van der Waals surface area contributed by atoms with E-state index in [1.54, 1.807) is 25.9 Å². The summed E-state index contributed by atoms with van der Waals surface area (Å²) < 4.78 is 5.09. The van der Waals surface area contributed by atoms with Crippen LogP contribution in [0.15, 0.2) is 33.8 Å². The molecule has 2 rings (SSSR count). The normalized spacial score (nSPS) is 11.3. The lowest BCUT2D eigenvalue weighted by Crippen LogP contribution is -2.38. The van der Waals surface area contributed by atoms with Gasteiger partial charge >= 0.3 is 0 Å². The van der Waals surface area contributed by atoms with Crippen molar-refractivity contribution in [2.24, 2.45) is 4.99 Å². The molecule has 0 fully saturated rings. The third-order valence-corrected chi connectivity index (χ3v) is 3.80. The summed E-state index contributed by atoms with van der Waals surface area (Å²) in [5.74, 6) is 1.98. The van der Waals surface area contributed by atoms with Gasteiger partial charge in [0.25, 0.3) is 5.91 Å². The minimum atomic E-state index is 0.0102. The Balaban J connectivity index is 1.85. The first-order valence-corrected chi connectivity index (χ1v) is 9.11. The number of carbonyl (C=O) groups excluding carboxylic acids is 1. The van der Waals surface area contributed by atoms with Crippen LogP contribution in [0.5, 0.6) is 0 Å². The van der Waals surface area contributed by atoms with Crippen LogP contribution in [0, 0.1) is 6.92 Å². The predicted molar refractivity (Wildman–Crippen MR) is 105 cm³/mol. The molecule has 0 bridgehead atoms. The number of hydrogen-bond donors (Lipinski definition) is 2. The number of nitrogens with one attached hydrogen (secondary N) is 2. The van der Waals surface area contributed by atoms with Gasteiger partial charge in [0.15, 0.2) is 11.8 Å². The lowest BCUT2D eigenvalue weighted by Gasteiger charge is -2.13. The van der Waals surface area contributed by atoms with Crippen molar-refractivity contribution < 1.29 is 9.32 Å². The lowest BCUT2D eigenvalue weighted by atomic mass is 10.1. The van der Waals surface area contributed by atoms with Crippen LogP contribution in [-0.2, 0) is 12.8 Å². The largest absolute Gasteiger partial charge is 0.357 e. The summed E-state index contributed by atoms with van der Waals surface area (Å²) in [4.78, 5) is 22.3. The molecule has 0 atom stereocenters. The van der Waals surface area contributed by atoms with Crippen molar-refractivity contribution in [2.75, 3.05) is 33.7 Å². The molecule has 8 nitrogen and oxygen atoms in total. The van der Waals surface area contributed by atoms with Gasteiger partial charge in [0.1, 0.15) is 0 Å². The lowest BCUT2D eigenvalue weighted by molar-refractivity contribution is 0.0827. The van der Waals surface area contributed by atoms with E-state index in [2.05, 4.69) is 25.8 Å². The molecular weight excluding hydrogens is 344 g/mol. The van der Waals surface area contributed by atoms with Crippen LogP contribution in [0.3, 0.4) is 0 Å². The van der Waals surface area contributed by atoms with Crippen molar-refractivity contribution in [2.45, 2.75) is 26.7 Å². The molecule has 8 heteroatoms. The molecule has 1 amide bonds. The van der Waals surface area contributed by atoms with E-state index < -0.39 is 0 Å². The molecule has 0 unspecified atom stereocenters. The molecule has 0 radical (unpaired) electrons. The molecule has 2 aromatic rings. The van der Waals surface area contributed by atoms with E-state index >= 15 is 0 Å². The molecule has 0 saturated carbocycles. The van der Waals surface area contributed by atoms with Crippen LogP contribution in [0.25, 0.3) is 0 Å². The molecule has 0 aliphatic heterocycles. The average molecular weight is 372 g/mol. The highest BCUT2D eigenvalue weighted by atomic mass is 16.5. The Bertz CT molecular complexity index is 769. The molecule has 0 saturated heterocycles. The third kappa shape index (κ3) is 6.73. The Morgan fingerprint density at radius 2 is 2.07 bits per heavy atom. The number of nitrogens with zero attached hydrogens (tertiary/aromatic N) is 4. The van der Waals surface area contributed by atoms with Crippen molar-refractivity contribution in [3.8, 4) is 0 Å². The standard InChI is InChI=1S/C19H28N6O2/c1-5-20-19(22-12-10-17-23-14(2)24-27-17)21-11-9-15-7-6-8-16(13-15)18(26)25(3)4/h6-8,13H,5,9-12H2,1-4H3,(H2,20,21,22). The van der Waals surface area contributed by atoms with E-state index in [0.29, 0.717) is 36.8 Å². The van der Waals surface area contributed by atoms with Crippen LogP contribution in [-0.4, -0.2) is 60.6 Å². The molecule has 1 aromatic carbocycles. The van der Waals surface area contributed by atoms with Gasteiger partial charge in [0.2, 0.25) is 5.89 Å². The van der Waals surface area contributed by atoms with Crippen LogP contribution in [0.1, 0.15) is 34.6 Å². The first-order chi connectivity index (χ1) is 13.0. The van der Waals surface area contributed by atoms with Gasteiger partial charge in [-0.25, -0.2) is 0 Å². The fourth-order valence-corrected chi connectivity index (χ4v) is 2.49. The Morgan fingerprint density at radius 1 is 1.26 bits per heavy atom. The Kier molecular flexibility index (Phi) is 7.79. The van der Waals surface area contributed by atoms with E-state index in [4.69, 9.17) is 4.52 Å². The molecule has 0 aliphatic carbocycles. The fourth-order valence-electron chi connectivity index (χ4n) is 2.49. The summed E-state index contributed by atoms with van der Waals surface area (Å²) in [7, 11) is 3.51. The molecular formula is C19H28N6O2. The number of hydrogen-bond acceptors (Lipinski definition) is 5. The zero-order valence-electron chi connectivity index (χ0n) is 16.5. The van der Waals surface area contributed by atoms with Gasteiger partial charge in [-0.1, -0.05) is 17.3 Å². The molecule has 0 spiro atoms. The van der Waals surface area contributed by atoms with E-state index in [9.17, 15) is 4.79 Å². The first-order valence-electron chi connectivity index (χ1n) is 9.11. The Morgan fingerprint density at radius 3 is 2.74 bits per heavy atom. The van der Waals surface area contributed by atoms with Crippen LogP contribution < -0.4 is 10.6 Å². The average Bonchev–Trinajstić information content (AvgIpc) is 3.06. The zero-order chi connectivity index (χ0) is 19.6. The van der Waals surface area contributed by atoms with Gasteiger partial charge in [-0.15, -0.1) is 0 Å². The Labute approximate surface area is 160 Å². The fraction of sp³-hybridized carbons (Fsp3) is 0.474. The van der Waals surface area contributed by atoms with Gasteiger partial charge in [0.05, 0.1) is 6.54 Å². The quantitative estimate of drug-likeness (QED) is 0.537. The van der Waals surface area contributed by atoms with E-state index in [0.717, 1.165) is 24.5 Å². The van der Waals surface area contributed by atoms with Gasteiger partial charge < -0.3 is 20.1 Å². The van der Waals surface area contributed by atoms with Crippen molar-refractivity contribution >= 4 is 11.9 Å². The summed E-state index contributed by atoms with van der Waals surface area (Å²) in [6, 6.07) is 7.71. The smallest absolute Gasteiger partial charge is 0.253 e. The number of rotatable bonds is 8. The summed E-state index contributed by atoms with van der Waals surface area (Å²) >= 11 is 0. The summed E-state index contributed by atoms with van der Waals surface area (Å²) in [5.41, 5.74) is 1.81. The zero-order valence-corrected chi connectivity index (χ0v) is 16.5. The summed E-state index contributed by atoms with van der Waals surface area (Å²) in [6.45, 7) is 5.87. The van der Waals surface area contributed by atoms with Gasteiger partial charge in [-0.3, -0.25) is 9.79 Å². The van der Waals surface area contributed by atoms with Crippen molar-refractivity contribution in [1.82, 2.24) is 25.7 Å². The highest BCUT2D eigenvalue weighted by Crippen LogP contribution is 2.07. The second kappa shape index (κ2) is 10.3. The minimum absolute atomic E-state index is 0.0102. The van der Waals surface area contributed by atoms with Crippen LogP contribution >= 0.6 is 0 Å². The van der Waals surface area contributed by atoms with Crippen molar-refractivity contribution in [1.29, 1.82) is 0 Å². The number of aromatic nitrogens is 2. The molecule has 146 valence electrons. The number of aliphatic imine (C=N–C) groups is 1. The van der Waals surface area contributed by atoms with Crippen molar-refractivity contribution in [3.05, 3.63) is 47.1 Å². The monoisotopic (exact) mass is 372 g/mol. The molecule has 1 heterocycles.